The zero-order chi connectivity index (χ0) is 19.1. The fourth-order valence-corrected chi connectivity index (χ4v) is 3.47. The molecular weight excluding hydrogens is 304 g/mol. The normalized spacial score (nSPS) is 16.0. The molecule has 0 radical (unpaired) electrons. The second-order valence-electron chi connectivity index (χ2n) is 9.15. The Balaban J connectivity index is 3.67. The van der Waals surface area contributed by atoms with Gasteiger partial charge in [-0.1, -0.05) is 91.2 Å². The van der Waals surface area contributed by atoms with Crippen LogP contribution in [0, 0.1) is 23.7 Å². The highest BCUT2D eigenvalue weighted by Crippen LogP contribution is 2.22. The summed E-state index contributed by atoms with van der Waals surface area (Å²) in [5, 5.41) is 0. The molecule has 0 aromatic heterocycles. The van der Waals surface area contributed by atoms with Gasteiger partial charge < -0.3 is 4.79 Å². The Labute approximate surface area is 159 Å². The minimum atomic E-state index is 0.494. The lowest BCUT2D eigenvalue weighted by Gasteiger charge is -2.15. The van der Waals surface area contributed by atoms with E-state index in [1.807, 2.05) is 0 Å². The topological polar surface area (TPSA) is 17.1 Å². The van der Waals surface area contributed by atoms with Gasteiger partial charge in [0.15, 0.2) is 0 Å². The van der Waals surface area contributed by atoms with Gasteiger partial charge in [-0.15, -0.1) is 0 Å². The highest BCUT2D eigenvalue weighted by molar-refractivity contribution is 5.49. The summed E-state index contributed by atoms with van der Waals surface area (Å²) in [6.45, 7) is 13.9. The molecule has 1 heteroatoms. The van der Waals surface area contributed by atoms with Crippen LogP contribution >= 0.6 is 0 Å². The molecule has 0 bridgehead atoms. The van der Waals surface area contributed by atoms with Gasteiger partial charge in [-0.05, 0) is 49.9 Å². The number of hydrogen-bond acceptors (Lipinski definition) is 1. The summed E-state index contributed by atoms with van der Waals surface area (Å²) < 4.78 is 0. The summed E-state index contributed by atoms with van der Waals surface area (Å²) in [5.74, 6) is 3.13. The molecule has 0 saturated heterocycles. The first-order chi connectivity index (χ1) is 11.8. The highest BCUT2D eigenvalue weighted by atomic mass is 16.1. The van der Waals surface area contributed by atoms with Crippen molar-refractivity contribution >= 4 is 6.29 Å². The zero-order valence-corrected chi connectivity index (χ0v) is 18.2. The van der Waals surface area contributed by atoms with Crippen molar-refractivity contribution in [1.82, 2.24) is 0 Å². The Morgan fingerprint density at radius 1 is 0.720 bits per heavy atom. The Morgan fingerprint density at radius 2 is 1.24 bits per heavy atom. The van der Waals surface area contributed by atoms with E-state index in [9.17, 15) is 4.79 Å². The van der Waals surface area contributed by atoms with Gasteiger partial charge in [0.25, 0.3) is 0 Å². The van der Waals surface area contributed by atoms with Crippen LogP contribution in [0.1, 0.15) is 112 Å². The van der Waals surface area contributed by atoms with Crippen LogP contribution in [0.5, 0.6) is 0 Å². The van der Waals surface area contributed by atoms with Gasteiger partial charge in [0, 0.05) is 6.42 Å². The summed E-state index contributed by atoms with van der Waals surface area (Å²) in [6.07, 6.45) is 17.5. The van der Waals surface area contributed by atoms with E-state index in [4.69, 9.17) is 0 Å². The fourth-order valence-electron chi connectivity index (χ4n) is 3.47. The summed E-state index contributed by atoms with van der Waals surface area (Å²) in [5.41, 5.74) is 1.50. The molecule has 0 heterocycles. The fraction of sp³-hybridized carbons (Fsp3) is 0.875. The van der Waals surface area contributed by atoms with Crippen molar-refractivity contribution in [3.05, 3.63) is 11.6 Å². The lowest BCUT2D eigenvalue weighted by Crippen LogP contribution is -2.00. The van der Waals surface area contributed by atoms with Crippen molar-refractivity contribution in [3.63, 3.8) is 0 Å². The van der Waals surface area contributed by atoms with E-state index < -0.39 is 0 Å². The molecule has 3 atom stereocenters. The Hall–Kier alpha value is -0.590. The van der Waals surface area contributed by atoms with Crippen LogP contribution in [0.15, 0.2) is 11.6 Å². The lowest BCUT2D eigenvalue weighted by molar-refractivity contribution is -0.108. The van der Waals surface area contributed by atoms with Crippen molar-refractivity contribution in [3.8, 4) is 0 Å². The Morgan fingerprint density at radius 3 is 1.76 bits per heavy atom. The van der Waals surface area contributed by atoms with Crippen LogP contribution < -0.4 is 0 Å². The molecule has 0 amide bonds. The SMILES string of the molecule is CC(=CCC(C)CC=O)CCCC(C)CCCC(C)CCCC(C)C. The Bertz CT molecular complexity index is 342. The first kappa shape index (κ1) is 24.4. The first-order valence-electron chi connectivity index (χ1n) is 10.9. The molecule has 148 valence electrons. The van der Waals surface area contributed by atoms with E-state index >= 15 is 0 Å². The summed E-state index contributed by atoms with van der Waals surface area (Å²) >= 11 is 0. The van der Waals surface area contributed by atoms with Gasteiger partial charge in [-0.3, -0.25) is 0 Å². The number of carbonyl (C=O) groups excluding carboxylic acids is 1. The van der Waals surface area contributed by atoms with E-state index in [1.54, 1.807) is 0 Å². The van der Waals surface area contributed by atoms with Crippen molar-refractivity contribution in [1.29, 1.82) is 0 Å². The second kappa shape index (κ2) is 15.6. The maximum atomic E-state index is 10.5. The molecule has 0 saturated carbocycles. The van der Waals surface area contributed by atoms with Gasteiger partial charge in [0.05, 0.1) is 0 Å². The average molecular weight is 351 g/mol. The van der Waals surface area contributed by atoms with Crippen LogP contribution in [-0.4, -0.2) is 6.29 Å². The molecule has 3 unspecified atom stereocenters. The van der Waals surface area contributed by atoms with Crippen molar-refractivity contribution < 1.29 is 4.79 Å². The summed E-state index contributed by atoms with van der Waals surface area (Å²) in [4.78, 5) is 10.5. The van der Waals surface area contributed by atoms with Crippen LogP contribution in [0.25, 0.3) is 0 Å². The monoisotopic (exact) mass is 350 g/mol. The van der Waals surface area contributed by atoms with Gasteiger partial charge in [0.2, 0.25) is 0 Å². The summed E-state index contributed by atoms with van der Waals surface area (Å²) in [7, 11) is 0. The number of carbonyl (C=O) groups is 1. The first-order valence-corrected chi connectivity index (χ1v) is 10.9. The van der Waals surface area contributed by atoms with Crippen molar-refractivity contribution in [2.45, 2.75) is 112 Å². The molecule has 0 aliphatic rings. The number of aldehydes is 1. The van der Waals surface area contributed by atoms with E-state index in [0.29, 0.717) is 12.3 Å². The van der Waals surface area contributed by atoms with E-state index in [-0.39, 0.29) is 0 Å². The molecule has 1 nitrogen and oxygen atoms in total. The van der Waals surface area contributed by atoms with Gasteiger partial charge >= 0.3 is 0 Å². The quantitative estimate of drug-likeness (QED) is 0.204. The zero-order valence-electron chi connectivity index (χ0n) is 18.2. The lowest BCUT2D eigenvalue weighted by atomic mass is 9.91. The molecular formula is C24H46O. The van der Waals surface area contributed by atoms with Crippen molar-refractivity contribution in [2.75, 3.05) is 0 Å². The minimum absolute atomic E-state index is 0.494. The molecule has 0 spiro atoms. The van der Waals surface area contributed by atoms with E-state index in [1.165, 1.54) is 63.4 Å². The summed E-state index contributed by atoms with van der Waals surface area (Å²) in [6, 6.07) is 0. The van der Waals surface area contributed by atoms with Gasteiger partial charge in [-0.25, -0.2) is 0 Å². The van der Waals surface area contributed by atoms with Crippen molar-refractivity contribution in [2.24, 2.45) is 23.7 Å². The maximum absolute atomic E-state index is 10.5. The van der Waals surface area contributed by atoms with Gasteiger partial charge in [-0.2, -0.15) is 0 Å². The van der Waals surface area contributed by atoms with Crippen LogP contribution in [-0.2, 0) is 4.79 Å². The number of allylic oxidation sites excluding steroid dienone is 2. The number of hydrogen-bond donors (Lipinski definition) is 0. The maximum Gasteiger partial charge on any atom is 0.120 e. The third-order valence-corrected chi connectivity index (χ3v) is 5.51. The largest absolute Gasteiger partial charge is 0.303 e. The van der Waals surface area contributed by atoms with E-state index in [2.05, 4.69) is 47.6 Å². The van der Waals surface area contributed by atoms with Gasteiger partial charge in [0.1, 0.15) is 6.29 Å². The third kappa shape index (κ3) is 16.6. The molecule has 0 aliphatic heterocycles. The molecule has 25 heavy (non-hydrogen) atoms. The molecule has 0 fully saturated rings. The molecule has 0 aromatic rings. The van der Waals surface area contributed by atoms with E-state index in [0.717, 1.165) is 30.5 Å². The average Bonchev–Trinajstić information content (AvgIpc) is 2.53. The smallest absolute Gasteiger partial charge is 0.120 e. The second-order valence-corrected chi connectivity index (χ2v) is 9.15. The third-order valence-electron chi connectivity index (χ3n) is 5.51. The van der Waals surface area contributed by atoms with Crippen LogP contribution in [0.4, 0.5) is 0 Å². The minimum Gasteiger partial charge on any atom is -0.303 e. The standard InChI is InChI=1S/C24H46O/c1-20(2)10-7-11-21(3)12-8-13-22(4)14-9-15-23(5)16-17-24(6)18-19-25/h16,19-22,24H,7-15,17-18H2,1-6H3. The van der Waals surface area contributed by atoms with Crippen LogP contribution in [0.3, 0.4) is 0 Å². The highest BCUT2D eigenvalue weighted by Gasteiger charge is 2.07. The number of rotatable bonds is 16. The molecule has 0 rings (SSSR count). The van der Waals surface area contributed by atoms with Crippen LogP contribution in [0.2, 0.25) is 0 Å². The predicted octanol–water partition coefficient (Wildman–Crippen LogP) is 7.99. The predicted molar refractivity (Wildman–Crippen MR) is 113 cm³/mol. The molecule has 0 aliphatic carbocycles. The Kier molecular flexibility index (Phi) is 15.3. The molecule has 0 N–H and O–H groups in total. The molecule has 0 aromatic carbocycles.